The molecule has 1 aromatic carbocycles. The highest BCUT2D eigenvalue weighted by Crippen LogP contribution is 2.29. The molecule has 0 saturated carbocycles. The van der Waals surface area contributed by atoms with Gasteiger partial charge in [0.25, 0.3) is 0 Å². The smallest absolute Gasteiger partial charge is 0.197 e. The molecule has 1 heterocycles. The van der Waals surface area contributed by atoms with E-state index in [0.29, 0.717) is 33.5 Å². The van der Waals surface area contributed by atoms with E-state index in [1.807, 2.05) is 13.8 Å². The van der Waals surface area contributed by atoms with E-state index in [-0.39, 0.29) is 5.54 Å². The fourth-order valence-electron chi connectivity index (χ4n) is 1.47. The van der Waals surface area contributed by atoms with Gasteiger partial charge in [-0.3, -0.25) is 0 Å². The number of halogens is 2. The third kappa shape index (κ3) is 2.48. The van der Waals surface area contributed by atoms with Crippen molar-refractivity contribution in [2.24, 2.45) is 5.73 Å². The van der Waals surface area contributed by atoms with E-state index < -0.39 is 0 Å². The second kappa shape index (κ2) is 3.91. The van der Waals surface area contributed by atoms with Crippen molar-refractivity contribution in [2.75, 3.05) is 0 Å². The molecular formula is C11H12Cl2N2O. The summed E-state index contributed by atoms with van der Waals surface area (Å²) in [5.41, 5.74) is 6.76. The monoisotopic (exact) mass is 258 g/mol. The van der Waals surface area contributed by atoms with Crippen LogP contribution in [0.1, 0.15) is 19.7 Å². The number of nitrogens with zero attached hydrogens (tertiary/aromatic N) is 1. The van der Waals surface area contributed by atoms with E-state index in [1.165, 1.54) is 0 Å². The Hall–Kier alpha value is -0.770. The number of hydrogen-bond donors (Lipinski definition) is 1. The molecule has 0 spiro atoms. The van der Waals surface area contributed by atoms with Gasteiger partial charge in [0.15, 0.2) is 11.5 Å². The number of rotatable bonds is 2. The van der Waals surface area contributed by atoms with Crippen LogP contribution in [0.5, 0.6) is 0 Å². The zero-order valence-electron chi connectivity index (χ0n) is 9.05. The quantitative estimate of drug-likeness (QED) is 0.899. The summed E-state index contributed by atoms with van der Waals surface area (Å²) in [5, 5.41) is 1.01. The number of oxazole rings is 1. The maximum atomic E-state index is 6.00. The molecule has 2 N–H and O–H groups in total. The summed E-state index contributed by atoms with van der Waals surface area (Å²) in [5.74, 6) is 0.576. The molecule has 0 radical (unpaired) electrons. The van der Waals surface area contributed by atoms with Crippen LogP contribution in [0.15, 0.2) is 16.5 Å². The van der Waals surface area contributed by atoms with Gasteiger partial charge >= 0.3 is 0 Å². The first kappa shape index (κ1) is 11.7. The molecule has 0 aliphatic rings. The lowest BCUT2D eigenvalue weighted by molar-refractivity contribution is 0.433. The summed E-state index contributed by atoms with van der Waals surface area (Å²) in [6.07, 6.45) is 0.551. The second-order valence-electron chi connectivity index (χ2n) is 4.51. The fourth-order valence-corrected chi connectivity index (χ4v) is 1.99. The molecule has 0 aliphatic heterocycles. The normalized spacial score (nSPS) is 12.3. The highest BCUT2D eigenvalue weighted by Gasteiger charge is 2.17. The Morgan fingerprint density at radius 2 is 2.06 bits per heavy atom. The van der Waals surface area contributed by atoms with Gasteiger partial charge in [-0.1, -0.05) is 23.2 Å². The second-order valence-corrected chi connectivity index (χ2v) is 5.35. The summed E-state index contributed by atoms with van der Waals surface area (Å²) in [4.78, 5) is 4.30. The summed E-state index contributed by atoms with van der Waals surface area (Å²) in [7, 11) is 0. The minimum absolute atomic E-state index is 0.364. The van der Waals surface area contributed by atoms with Gasteiger partial charge in [-0.05, 0) is 26.0 Å². The van der Waals surface area contributed by atoms with Gasteiger partial charge in [0.2, 0.25) is 0 Å². The van der Waals surface area contributed by atoms with Crippen LogP contribution in [-0.4, -0.2) is 10.5 Å². The van der Waals surface area contributed by atoms with Crippen LogP contribution >= 0.6 is 23.2 Å². The number of benzene rings is 1. The molecule has 0 unspecified atom stereocenters. The van der Waals surface area contributed by atoms with E-state index >= 15 is 0 Å². The van der Waals surface area contributed by atoms with Gasteiger partial charge in [0.05, 0.1) is 5.02 Å². The van der Waals surface area contributed by atoms with Crippen LogP contribution in [-0.2, 0) is 6.42 Å². The predicted octanol–water partition coefficient (Wildman–Crippen LogP) is 3.41. The van der Waals surface area contributed by atoms with E-state index in [0.717, 1.165) is 0 Å². The Morgan fingerprint density at radius 1 is 1.38 bits per heavy atom. The average Bonchev–Trinajstić information content (AvgIpc) is 2.43. The molecule has 2 aromatic rings. The minimum atomic E-state index is -0.364. The zero-order valence-corrected chi connectivity index (χ0v) is 10.6. The first-order valence-electron chi connectivity index (χ1n) is 4.88. The summed E-state index contributed by atoms with van der Waals surface area (Å²) < 4.78 is 5.55. The Bertz CT molecular complexity index is 528. The first-order chi connectivity index (χ1) is 7.35. The van der Waals surface area contributed by atoms with Crippen molar-refractivity contribution in [2.45, 2.75) is 25.8 Å². The van der Waals surface area contributed by atoms with Crippen molar-refractivity contribution in [1.82, 2.24) is 4.98 Å². The molecule has 0 saturated heterocycles. The van der Waals surface area contributed by atoms with Crippen LogP contribution in [0.3, 0.4) is 0 Å². The van der Waals surface area contributed by atoms with Crippen molar-refractivity contribution in [3.05, 3.63) is 28.1 Å². The minimum Gasteiger partial charge on any atom is -0.439 e. The molecular weight excluding hydrogens is 247 g/mol. The van der Waals surface area contributed by atoms with Gasteiger partial charge in [0.1, 0.15) is 5.52 Å². The maximum absolute atomic E-state index is 6.00. The topological polar surface area (TPSA) is 52.0 Å². The lowest BCUT2D eigenvalue weighted by Gasteiger charge is -2.14. The Labute approximate surface area is 104 Å². The van der Waals surface area contributed by atoms with Crippen molar-refractivity contribution in [3.8, 4) is 0 Å². The molecule has 5 heteroatoms. The number of hydrogen-bond acceptors (Lipinski definition) is 3. The summed E-state index contributed by atoms with van der Waals surface area (Å²) in [6, 6.07) is 3.35. The number of fused-ring (bicyclic) bond motifs is 1. The molecule has 1 aromatic heterocycles. The molecule has 3 nitrogen and oxygen atoms in total. The van der Waals surface area contributed by atoms with Crippen molar-refractivity contribution >= 4 is 34.3 Å². The average molecular weight is 259 g/mol. The van der Waals surface area contributed by atoms with Gasteiger partial charge < -0.3 is 10.2 Å². The largest absolute Gasteiger partial charge is 0.439 e. The molecule has 0 amide bonds. The zero-order chi connectivity index (χ0) is 11.9. The van der Waals surface area contributed by atoms with Crippen LogP contribution in [0.4, 0.5) is 0 Å². The third-order valence-corrected chi connectivity index (χ3v) is 2.56. The van der Waals surface area contributed by atoms with Gasteiger partial charge in [-0.2, -0.15) is 0 Å². The molecule has 0 bridgehead atoms. The SMILES string of the molecule is CC(C)(N)Cc1nc2cc(Cl)cc(Cl)c2o1. The predicted molar refractivity (Wildman–Crippen MR) is 66.0 cm³/mol. The van der Waals surface area contributed by atoms with Crippen molar-refractivity contribution in [3.63, 3.8) is 0 Å². The Balaban J connectivity index is 2.48. The van der Waals surface area contributed by atoms with E-state index in [4.69, 9.17) is 33.4 Å². The van der Waals surface area contributed by atoms with E-state index in [9.17, 15) is 0 Å². The molecule has 0 fully saturated rings. The third-order valence-electron chi connectivity index (χ3n) is 2.06. The number of aromatic nitrogens is 1. The van der Waals surface area contributed by atoms with Crippen LogP contribution < -0.4 is 5.73 Å². The fraction of sp³-hybridized carbons (Fsp3) is 0.364. The molecule has 2 rings (SSSR count). The lowest BCUT2D eigenvalue weighted by Crippen LogP contribution is -2.34. The first-order valence-corrected chi connectivity index (χ1v) is 5.64. The highest BCUT2D eigenvalue weighted by atomic mass is 35.5. The Kier molecular flexibility index (Phi) is 2.86. The summed E-state index contributed by atoms with van der Waals surface area (Å²) in [6.45, 7) is 3.83. The lowest BCUT2D eigenvalue weighted by atomic mass is 10.0. The number of nitrogens with two attached hydrogens (primary N) is 1. The van der Waals surface area contributed by atoms with Crippen molar-refractivity contribution < 1.29 is 4.42 Å². The molecule has 0 atom stereocenters. The van der Waals surface area contributed by atoms with Crippen LogP contribution in [0, 0.1) is 0 Å². The van der Waals surface area contributed by atoms with Gasteiger partial charge in [-0.25, -0.2) is 4.98 Å². The van der Waals surface area contributed by atoms with E-state index in [1.54, 1.807) is 12.1 Å². The van der Waals surface area contributed by atoms with Crippen LogP contribution in [0.25, 0.3) is 11.1 Å². The summed E-state index contributed by atoms with van der Waals surface area (Å²) >= 11 is 11.9. The highest BCUT2D eigenvalue weighted by molar-refractivity contribution is 6.37. The van der Waals surface area contributed by atoms with Gasteiger partial charge in [-0.15, -0.1) is 0 Å². The van der Waals surface area contributed by atoms with Gasteiger partial charge in [0, 0.05) is 17.0 Å². The standard InChI is InChI=1S/C11H12Cl2N2O/c1-11(2,14)5-9-15-8-4-6(12)3-7(13)10(8)16-9/h3-4H,5,14H2,1-2H3. The molecule has 0 aliphatic carbocycles. The molecule has 16 heavy (non-hydrogen) atoms. The van der Waals surface area contributed by atoms with E-state index in [2.05, 4.69) is 4.98 Å². The van der Waals surface area contributed by atoms with Crippen LogP contribution in [0.2, 0.25) is 10.0 Å². The molecule has 86 valence electrons. The van der Waals surface area contributed by atoms with Crippen molar-refractivity contribution in [1.29, 1.82) is 0 Å². The maximum Gasteiger partial charge on any atom is 0.197 e. The Morgan fingerprint density at radius 3 is 2.69 bits per heavy atom.